The minimum absolute atomic E-state index is 0.325. The van der Waals surface area contributed by atoms with Crippen LogP contribution in [0.5, 0.6) is 0 Å². The van der Waals surface area contributed by atoms with Crippen molar-refractivity contribution in [2.75, 3.05) is 5.32 Å². The molecule has 0 aliphatic rings. The molecule has 2 aromatic rings. The molecule has 19 heavy (non-hydrogen) atoms. The van der Waals surface area contributed by atoms with E-state index >= 15 is 0 Å². The van der Waals surface area contributed by atoms with Crippen LogP contribution in [0.15, 0.2) is 36.4 Å². The Bertz CT molecular complexity index is 627. The maximum Gasteiger partial charge on any atom is 0.327 e. The molecule has 0 unspecified atom stereocenters. The zero-order valence-electron chi connectivity index (χ0n) is 9.36. The van der Waals surface area contributed by atoms with E-state index in [4.69, 9.17) is 0 Å². The van der Waals surface area contributed by atoms with E-state index in [0.29, 0.717) is 0 Å². The summed E-state index contributed by atoms with van der Waals surface area (Å²) in [6.45, 7) is 0. The fourth-order valence-electron chi connectivity index (χ4n) is 1.55. The van der Waals surface area contributed by atoms with Crippen LogP contribution in [-0.4, -0.2) is 4.92 Å². The van der Waals surface area contributed by atoms with Gasteiger partial charge in [0.1, 0.15) is 23.0 Å². The van der Waals surface area contributed by atoms with E-state index in [2.05, 4.69) is 5.32 Å². The zero-order valence-corrected chi connectivity index (χ0v) is 9.36. The lowest BCUT2D eigenvalue weighted by atomic mass is 10.2. The van der Waals surface area contributed by atoms with Gasteiger partial charge >= 0.3 is 5.69 Å². The largest absolute Gasteiger partial charge is 0.345 e. The van der Waals surface area contributed by atoms with Crippen LogP contribution in [0, 0.1) is 27.6 Å². The van der Waals surface area contributed by atoms with Crippen LogP contribution in [0.2, 0.25) is 0 Å². The second-order valence-corrected chi connectivity index (χ2v) is 3.61. The molecule has 7 heteroatoms. The normalized spacial score (nSPS) is 10.3. The fraction of sp³-hybridized carbons (Fsp3) is 0. The van der Waals surface area contributed by atoms with Crippen LogP contribution in [0.25, 0.3) is 0 Å². The van der Waals surface area contributed by atoms with Gasteiger partial charge in [-0.05, 0) is 24.3 Å². The molecular weight excluding hydrogens is 261 g/mol. The van der Waals surface area contributed by atoms with Crippen molar-refractivity contribution >= 4 is 17.1 Å². The second kappa shape index (κ2) is 4.97. The highest BCUT2D eigenvalue weighted by atomic mass is 19.1. The SMILES string of the molecule is O=[N+]([O-])c1c(F)cccc1Nc1c(F)cccc1F. The molecule has 2 rings (SSSR count). The number of nitro benzene ring substituents is 1. The van der Waals surface area contributed by atoms with E-state index in [-0.39, 0.29) is 5.69 Å². The second-order valence-electron chi connectivity index (χ2n) is 3.61. The molecule has 0 aliphatic carbocycles. The van der Waals surface area contributed by atoms with E-state index in [1.807, 2.05) is 0 Å². The Hall–Kier alpha value is -2.57. The van der Waals surface area contributed by atoms with E-state index in [9.17, 15) is 23.3 Å². The van der Waals surface area contributed by atoms with Crippen molar-refractivity contribution in [3.63, 3.8) is 0 Å². The van der Waals surface area contributed by atoms with Gasteiger partial charge in [-0.3, -0.25) is 10.1 Å². The number of nitro groups is 1. The van der Waals surface area contributed by atoms with Gasteiger partial charge in [-0.1, -0.05) is 12.1 Å². The van der Waals surface area contributed by atoms with Crippen molar-refractivity contribution in [2.24, 2.45) is 0 Å². The Morgan fingerprint density at radius 3 is 2.05 bits per heavy atom. The highest BCUT2D eigenvalue weighted by Crippen LogP contribution is 2.31. The Labute approximate surface area is 105 Å². The maximum absolute atomic E-state index is 13.4. The topological polar surface area (TPSA) is 55.2 Å². The van der Waals surface area contributed by atoms with Gasteiger partial charge in [0.25, 0.3) is 0 Å². The van der Waals surface area contributed by atoms with Gasteiger partial charge in [-0.25, -0.2) is 8.78 Å². The standard InChI is InChI=1S/C12H7F3N2O2/c13-7-3-1-4-8(14)11(7)16-10-6-2-5-9(15)12(10)17(18)19/h1-6,16H. The molecule has 2 aromatic carbocycles. The Morgan fingerprint density at radius 2 is 1.47 bits per heavy atom. The zero-order chi connectivity index (χ0) is 14.0. The predicted octanol–water partition coefficient (Wildman–Crippen LogP) is 3.76. The van der Waals surface area contributed by atoms with E-state index in [0.717, 1.165) is 30.3 Å². The summed E-state index contributed by atoms with van der Waals surface area (Å²) >= 11 is 0. The molecule has 0 aromatic heterocycles. The molecule has 98 valence electrons. The molecule has 0 amide bonds. The summed E-state index contributed by atoms with van der Waals surface area (Å²) in [6, 6.07) is 6.36. The molecule has 0 saturated heterocycles. The summed E-state index contributed by atoms with van der Waals surface area (Å²) in [5.74, 6) is -2.95. The number of para-hydroxylation sites is 2. The highest BCUT2D eigenvalue weighted by Gasteiger charge is 2.21. The van der Waals surface area contributed by atoms with Crippen molar-refractivity contribution < 1.29 is 18.1 Å². The average Bonchev–Trinajstić information content (AvgIpc) is 2.33. The third-order valence-electron chi connectivity index (χ3n) is 2.39. The number of nitrogens with one attached hydrogen (secondary N) is 1. The smallest absolute Gasteiger partial charge is 0.327 e. The average molecular weight is 268 g/mol. The Balaban J connectivity index is 2.50. The maximum atomic E-state index is 13.4. The molecule has 1 N–H and O–H groups in total. The molecule has 4 nitrogen and oxygen atoms in total. The van der Waals surface area contributed by atoms with Gasteiger partial charge in [-0.2, -0.15) is 4.39 Å². The molecule has 0 atom stereocenters. The van der Waals surface area contributed by atoms with Crippen LogP contribution in [0.3, 0.4) is 0 Å². The van der Waals surface area contributed by atoms with Gasteiger partial charge in [-0.15, -0.1) is 0 Å². The molecule has 0 aliphatic heterocycles. The van der Waals surface area contributed by atoms with Gasteiger partial charge in [0, 0.05) is 0 Å². The molecule has 0 fully saturated rings. The summed E-state index contributed by atoms with van der Waals surface area (Å²) in [5.41, 5.74) is -1.77. The van der Waals surface area contributed by atoms with Crippen LogP contribution in [0.4, 0.5) is 30.2 Å². The lowest BCUT2D eigenvalue weighted by Crippen LogP contribution is -2.02. The summed E-state index contributed by atoms with van der Waals surface area (Å²) in [5, 5.41) is 12.9. The fourth-order valence-corrected chi connectivity index (χ4v) is 1.55. The van der Waals surface area contributed by atoms with E-state index < -0.39 is 33.7 Å². The summed E-state index contributed by atoms with van der Waals surface area (Å²) in [6.07, 6.45) is 0. The first-order valence-electron chi connectivity index (χ1n) is 5.14. The number of halogens is 3. The molecular formula is C12H7F3N2O2. The number of anilines is 2. The Kier molecular flexibility index (Phi) is 3.37. The first-order valence-corrected chi connectivity index (χ1v) is 5.14. The molecule has 0 radical (unpaired) electrons. The first kappa shape index (κ1) is 12.9. The van der Waals surface area contributed by atoms with E-state index in [1.54, 1.807) is 0 Å². The lowest BCUT2D eigenvalue weighted by Gasteiger charge is -2.09. The quantitative estimate of drug-likeness (QED) is 0.681. The first-order chi connectivity index (χ1) is 9.00. The van der Waals surface area contributed by atoms with Crippen LogP contribution < -0.4 is 5.32 Å². The van der Waals surface area contributed by atoms with Crippen molar-refractivity contribution in [3.05, 3.63) is 64.0 Å². The monoisotopic (exact) mass is 268 g/mol. The molecule has 0 bridgehead atoms. The minimum atomic E-state index is -1.09. The van der Waals surface area contributed by atoms with Gasteiger partial charge < -0.3 is 5.32 Å². The summed E-state index contributed by atoms with van der Waals surface area (Å²) in [7, 11) is 0. The third-order valence-corrected chi connectivity index (χ3v) is 2.39. The number of rotatable bonds is 3. The van der Waals surface area contributed by atoms with Crippen molar-refractivity contribution in [1.82, 2.24) is 0 Å². The Morgan fingerprint density at radius 1 is 0.947 bits per heavy atom. The van der Waals surface area contributed by atoms with Crippen molar-refractivity contribution in [1.29, 1.82) is 0 Å². The molecule has 0 saturated carbocycles. The highest BCUT2D eigenvalue weighted by molar-refractivity contribution is 5.70. The number of nitrogens with zero attached hydrogens (tertiary/aromatic N) is 1. The summed E-state index contributed by atoms with van der Waals surface area (Å²) < 4.78 is 40.1. The van der Waals surface area contributed by atoms with Crippen molar-refractivity contribution in [2.45, 2.75) is 0 Å². The number of hydrogen-bond acceptors (Lipinski definition) is 3. The molecule has 0 heterocycles. The summed E-state index contributed by atoms with van der Waals surface area (Å²) in [4.78, 5) is 9.78. The third kappa shape index (κ3) is 2.49. The van der Waals surface area contributed by atoms with Gasteiger partial charge in [0.05, 0.1) is 4.92 Å². The van der Waals surface area contributed by atoms with Gasteiger partial charge in [0.15, 0.2) is 0 Å². The van der Waals surface area contributed by atoms with Crippen LogP contribution in [-0.2, 0) is 0 Å². The van der Waals surface area contributed by atoms with Crippen molar-refractivity contribution in [3.8, 4) is 0 Å². The predicted molar refractivity (Wildman–Crippen MR) is 62.7 cm³/mol. The number of benzene rings is 2. The van der Waals surface area contributed by atoms with Crippen LogP contribution in [0.1, 0.15) is 0 Å². The molecule has 0 spiro atoms. The van der Waals surface area contributed by atoms with Crippen LogP contribution >= 0.6 is 0 Å². The number of hydrogen-bond donors (Lipinski definition) is 1. The minimum Gasteiger partial charge on any atom is -0.345 e. The van der Waals surface area contributed by atoms with E-state index in [1.165, 1.54) is 6.07 Å². The van der Waals surface area contributed by atoms with Gasteiger partial charge in [0.2, 0.25) is 5.82 Å². The lowest BCUT2D eigenvalue weighted by molar-refractivity contribution is -0.386.